The number of carbonyl (C=O) groups excluding carboxylic acids is 2. The Hall–Kier alpha value is -4.65. The van der Waals surface area contributed by atoms with Gasteiger partial charge in [0.2, 0.25) is 11.8 Å². The van der Waals surface area contributed by atoms with E-state index in [1.54, 1.807) is 36.4 Å². The summed E-state index contributed by atoms with van der Waals surface area (Å²) in [6, 6.07) is 22.4. The first-order chi connectivity index (χ1) is 22.3. The smallest absolute Gasteiger partial charge is 0.273 e. The molecule has 0 aliphatic heterocycles. The zero-order valence-corrected chi connectivity index (χ0v) is 28.1. The summed E-state index contributed by atoms with van der Waals surface area (Å²) in [6.45, 7) is 0.569. The highest BCUT2D eigenvalue weighted by Crippen LogP contribution is 2.36. The van der Waals surface area contributed by atoms with Crippen LogP contribution in [0.25, 0.3) is 0 Å². The lowest BCUT2D eigenvalue weighted by Crippen LogP contribution is -2.53. The molecule has 0 bridgehead atoms. The third-order valence-corrected chi connectivity index (χ3v) is 9.64. The number of nitrogens with zero attached hydrogens (tertiary/aromatic N) is 3. The van der Waals surface area contributed by atoms with Crippen molar-refractivity contribution < 1.29 is 27.7 Å². The molecule has 4 aromatic carbocycles. The Labute approximate surface area is 282 Å². The molecule has 11 nitrogen and oxygen atoms in total. The summed E-state index contributed by atoms with van der Waals surface area (Å²) in [5, 5.41) is 14.9. The molecule has 1 N–H and O–H groups in total. The van der Waals surface area contributed by atoms with Crippen molar-refractivity contribution in [1.29, 1.82) is 0 Å². The molecule has 0 aromatic heterocycles. The summed E-state index contributed by atoms with van der Waals surface area (Å²) < 4.78 is 34.9. The van der Waals surface area contributed by atoms with Crippen LogP contribution in [0, 0.1) is 17.0 Å². The molecule has 0 saturated carbocycles. The Morgan fingerprint density at radius 3 is 2.26 bits per heavy atom. The molecule has 4 rings (SSSR count). The van der Waals surface area contributed by atoms with Crippen LogP contribution in [0.2, 0.25) is 10.0 Å². The molecule has 1 atom stereocenters. The van der Waals surface area contributed by atoms with Gasteiger partial charge in [0.25, 0.3) is 15.7 Å². The lowest BCUT2D eigenvalue weighted by Gasteiger charge is -2.34. The number of methoxy groups -OCH3 is 1. The van der Waals surface area contributed by atoms with Gasteiger partial charge in [-0.1, -0.05) is 71.7 Å². The molecule has 2 amide bonds. The number of ether oxygens (including phenoxy) is 1. The number of amides is 2. The number of hydrogen-bond donors (Lipinski definition) is 1. The Bertz CT molecular complexity index is 1890. The van der Waals surface area contributed by atoms with Gasteiger partial charge in [-0.05, 0) is 54.4 Å². The van der Waals surface area contributed by atoms with Crippen molar-refractivity contribution in [3.8, 4) is 5.75 Å². The van der Waals surface area contributed by atoms with Gasteiger partial charge in [0.05, 0.1) is 22.6 Å². The second-order valence-corrected chi connectivity index (χ2v) is 13.2. The number of aryl methyl sites for hydroxylation is 1. The molecule has 0 heterocycles. The zero-order valence-electron chi connectivity index (χ0n) is 25.7. The van der Waals surface area contributed by atoms with E-state index in [9.17, 15) is 28.1 Å². The number of nitro benzene ring substituents is 1. The zero-order chi connectivity index (χ0) is 34.3. The van der Waals surface area contributed by atoms with Gasteiger partial charge in [0.15, 0.2) is 0 Å². The predicted molar refractivity (Wildman–Crippen MR) is 180 cm³/mol. The van der Waals surface area contributed by atoms with E-state index in [1.807, 2.05) is 18.2 Å². The molecule has 246 valence electrons. The van der Waals surface area contributed by atoms with E-state index in [0.29, 0.717) is 10.6 Å². The highest BCUT2D eigenvalue weighted by atomic mass is 35.5. The summed E-state index contributed by atoms with van der Waals surface area (Å²) in [4.78, 5) is 39.8. The number of nitro groups is 1. The minimum Gasteiger partial charge on any atom is -0.495 e. The third kappa shape index (κ3) is 8.39. The number of anilines is 1. The number of sulfonamides is 1. The Kier molecular flexibility index (Phi) is 11.5. The quantitative estimate of drug-likeness (QED) is 0.138. The second kappa shape index (κ2) is 15.3. The normalized spacial score (nSPS) is 11.8. The molecule has 0 spiro atoms. The standard InChI is InChI=1S/C33H32Cl2N4O7S/c1-22-12-14-27(19-28(22)39(42)43)47(44,45)38(29-18-26(35)13-15-31(29)46-3)21-32(40)37(20-24-10-7-11-25(34)16-24)30(33(41)36-2)17-23-8-5-4-6-9-23/h4-16,18-19,30H,17,20-21H2,1-3H3,(H,36,41)/t30-/m0/s1. The number of hydrogen-bond acceptors (Lipinski definition) is 7. The summed E-state index contributed by atoms with van der Waals surface area (Å²) >= 11 is 12.5. The minimum atomic E-state index is -4.67. The largest absolute Gasteiger partial charge is 0.495 e. The fraction of sp³-hybridized carbons (Fsp3) is 0.212. The highest BCUT2D eigenvalue weighted by molar-refractivity contribution is 7.92. The molecule has 0 aliphatic rings. The van der Waals surface area contributed by atoms with Crippen LogP contribution in [-0.4, -0.2) is 56.8 Å². The maximum absolute atomic E-state index is 14.5. The van der Waals surface area contributed by atoms with E-state index >= 15 is 0 Å². The lowest BCUT2D eigenvalue weighted by molar-refractivity contribution is -0.385. The SMILES string of the molecule is CNC(=O)[C@H](Cc1ccccc1)N(Cc1cccc(Cl)c1)C(=O)CN(c1cc(Cl)ccc1OC)S(=O)(=O)c1ccc(C)c([N+](=O)[O-])c1. The lowest BCUT2D eigenvalue weighted by atomic mass is 10.0. The van der Waals surface area contributed by atoms with E-state index in [4.69, 9.17) is 27.9 Å². The van der Waals surface area contributed by atoms with Crippen LogP contribution < -0.4 is 14.4 Å². The third-order valence-electron chi connectivity index (χ3n) is 7.41. The maximum atomic E-state index is 14.5. The van der Waals surface area contributed by atoms with Crippen molar-refractivity contribution in [3.05, 3.63) is 128 Å². The fourth-order valence-corrected chi connectivity index (χ4v) is 6.81. The van der Waals surface area contributed by atoms with Crippen LogP contribution in [0.1, 0.15) is 16.7 Å². The molecule has 47 heavy (non-hydrogen) atoms. The van der Waals surface area contributed by atoms with Gasteiger partial charge < -0.3 is 15.0 Å². The first-order valence-electron chi connectivity index (χ1n) is 14.3. The topological polar surface area (TPSA) is 139 Å². The molecule has 0 saturated heterocycles. The van der Waals surface area contributed by atoms with Gasteiger partial charge in [0, 0.05) is 41.7 Å². The number of rotatable bonds is 13. The van der Waals surface area contributed by atoms with E-state index in [0.717, 1.165) is 15.9 Å². The van der Waals surface area contributed by atoms with Crippen molar-refractivity contribution in [2.45, 2.75) is 30.8 Å². The van der Waals surface area contributed by atoms with Crippen LogP contribution in [0.4, 0.5) is 11.4 Å². The van der Waals surface area contributed by atoms with Crippen molar-refractivity contribution in [1.82, 2.24) is 10.2 Å². The molecule has 0 unspecified atom stereocenters. The van der Waals surface area contributed by atoms with E-state index in [-0.39, 0.29) is 35.0 Å². The summed E-state index contributed by atoms with van der Waals surface area (Å²) in [7, 11) is -1.91. The van der Waals surface area contributed by atoms with Gasteiger partial charge in [-0.15, -0.1) is 0 Å². The predicted octanol–water partition coefficient (Wildman–Crippen LogP) is 5.80. The number of nitrogens with one attached hydrogen (secondary N) is 1. The van der Waals surface area contributed by atoms with Crippen LogP contribution >= 0.6 is 23.2 Å². The Morgan fingerprint density at radius 1 is 0.936 bits per heavy atom. The number of likely N-dealkylation sites (N-methyl/N-ethyl adjacent to an activating group) is 1. The number of carbonyl (C=O) groups is 2. The van der Waals surface area contributed by atoms with E-state index < -0.39 is 49.9 Å². The van der Waals surface area contributed by atoms with Gasteiger partial charge in [-0.3, -0.25) is 24.0 Å². The molecule has 0 aliphatic carbocycles. The molecule has 4 aromatic rings. The summed E-state index contributed by atoms with van der Waals surface area (Å²) in [5.41, 5.74) is 1.10. The van der Waals surface area contributed by atoms with Crippen LogP contribution in [0.5, 0.6) is 5.75 Å². The van der Waals surface area contributed by atoms with Crippen molar-refractivity contribution >= 4 is 56.4 Å². The average Bonchev–Trinajstić information content (AvgIpc) is 3.05. The molecule has 0 radical (unpaired) electrons. The molecular formula is C33H32Cl2N4O7S. The van der Waals surface area contributed by atoms with Gasteiger partial charge >= 0.3 is 0 Å². The molecular weight excluding hydrogens is 667 g/mol. The Morgan fingerprint density at radius 2 is 1.62 bits per heavy atom. The van der Waals surface area contributed by atoms with Gasteiger partial charge in [0.1, 0.15) is 18.3 Å². The van der Waals surface area contributed by atoms with E-state index in [2.05, 4.69) is 5.32 Å². The number of halogens is 2. The van der Waals surface area contributed by atoms with Crippen LogP contribution in [-0.2, 0) is 32.6 Å². The first kappa shape index (κ1) is 35.2. The van der Waals surface area contributed by atoms with E-state index in [1.165, 1.54) is 56.3 Å². The van der Waals surface area contributed by atoms with Gasteiger partial charge in [-0.25, -0.2) is 8.42 Å². The van der Waals surface area contributed by atoms with Gasteiger partial charge in [-0.2, -0.15) is 0 Å². The Balaban J connectivity index is 1.88. The fourth-order valence-electron chi connectivity index (χ4n) is 5.00. The monoisotopic (exact) mass is 698 g/mol. The van der Waals surface area contributed by atoms with Crippen molar-refractivity contribution in [3.63, 3.8) is 0 Å². The summed E-state index contributed by atoms with van der Waals surface area (Å²) in [6.07, 6.45) is 0.115. The van der Waals surface area contributed by atoms with Crippen LogP contribution in [0.15, 0.2) is 95.9 Å². The maximum Gasteiger partial charge on any atom is 0.273 e. The average molecular weight is 700 g/mol. The van der Waals surface area contributed by atoms with Crippen molar-refractivity contribution in [2.75, 3.05) is 25.0 Å². The number of benzene rings is 4. The molecule has 0 fully saturated rings. The summed E-state index contributed by atoms with van der Waals surface area (Å²) in [5.74, 6) is -1.16. The first-order valence-corrected chi connectivity index (χ1v) is 16.5. The van der Waals surface area contributed by atoms with Crippen LogP contribution in [0.3, 0.4) is 0 Å². The molecule has 14 heteroatoms. The second-order valence-electron chi connectivity index (χ2n) is 10.5. The van der Waals surface area contributed by atoms with Crippen molar-refractivity contribution in [2.24, 2.45) is 0 Å². The highest BCUT2D eigenvalue weighted by Gasteiger charge is 2.36. The minimum absolute atomic E-state index is 0.0703.